The lowest BCUT2D eigenvalue weighted by molar-refractivity contribution is -0.116. The average molecular weight is 335 g/mol. The number of anilines is 2. The fourth-order valence-electron chi connectivity index (χ4n) is 2.15. The minimum Gasteiger partial charge on any atom is -0.329 e. The summed E-state index contributed by atoms with van der Waals surface area (Å²) in [5, 5.41) is 2.54. The van der Waals surface area contributed by atoms with Crippen LogP contribution in [0.4, 0.5) is 11.4 Å². The molecule has 2 aromatic rings. The molecular formula is C15H17N3O4S. The number of rotatable bonds is 5. The number of amides is 1. The molecule has 0 aliphatic carbocycles. The normalized spacial score (nSPS) is 12.4. The van der Waals surface area contributed by atoms with Gasteiger partial charge in [-0.05, 0) is 25.1 Å². The van der Waals surface area contributed by atoms with E-state index in [1.165, 1.54) is 25.3 Å². The van der Waals surface area contributed by atoms with Crippen LogP contribution in [0.3, 0.4) is 0 Å². The Labute approximate surface area is 134 Å². The standard InChI is InChI=1S/C15H17N3O4S/c1-11(15(20)17-12-8-9-16-14(19)10-12)18(23(2,21)22)13-6-4-3-5-7-13/h3-11H,1-2H3,(H2,16,17,19,20). The highest BCUT2D eigenvalue weighted by molar-refractivity contribution is 7.92. The van der Waals surface area contributed by atoms with Crippen molar-refractivity contribution < 1.29 is 13.2 Å². The van der Waals surface area contributed by atoms with Crippen LogP contribution in [0.2, 0.25) is 0 Å². The zero-order valence-electron chi connectivity index (χ0n) is 12.7. The van der Waals surface area contributed by atoms with Gasteiger partial charge in [0.1, 0.15) is 6.04 Å². The first-order valence-corrected chi connectivity index (χ1v) is 8.68. The van der Waals surface area contributed by atoms with Gasteiger partial charge in [-0.25, -0.2) is 8.42 Å². The summed E-state index contributed by atoms with van der Waals surface area (Å²) >= 11 is 0. The maximum atomic E-state index is 12.4. The van der Waals surface area contributed by atoms with Crippen LogP contribution < -0.4 is 15.2 Å². The predicted molar refractivity (Wildman–Crippen MR) is 88.9 cm³/mol. The van der Waals surface area contributed by atoms with Crippen LogP contribution >= 0.6 is 0 Å². The molecule has 1 atom stereocenters. The maximum absolute atomic E-state index is 12.4. The summed E-state index contributed by atoms with van der Waals surface area (Å²) in [7, 11) is -3.66. The number of hydrogen-bond acceptors (Lipinski definition) is 4. The number of pyridine rings is 1. The van der Waals surface area contributed by atoms with E-state index in [-0.39, 0.29) is 5.56 Å². The molecule has 1 unspecified atom stereocenters. The second-order valence-corrected chi connectivity index (χ2v) is 6.86. The molecule has 0 spiro atoms. The van der Waals surface area contributed by atoms with E-state index in [1.54, 1.807) is 30.3 Å². The molecule has 122 valence electrons. The van der Waals surface area contributed by atoms with Crippen molar-refractivity contribution in [2.75, 3.05) is 15.9 Å². The molecule has 0 radical (unpaired) electrons. The van der Waals surface area contributed by atoms with E-state index in [1.807, 2.05) is 0 Å². The van der Waals surface area contributed by atoms with E-state index in [4.69, 9.17) is 0 Å². The largest absolute Gasteiger partial charge is 0.329 e. The fraction of sp³-hybridized carbons (Fsp3) is 0.200. The quantitative estimate of drug-likeness (QED) is 0.856. The number of nitrogens with one attached hydrogen (secondary N) is 2. The molecular weight excluding hydrogens is 318 g/mol. The smallest absolute Gasteiger partial charge is 0.249 e. The van der Waals surface area contributed by atoms with Crippen molar-refractivity contribution in [3.8, 4) is 0 Å². The van der Waals surface area contributed by atoms with Gasteiger partial charge in [0, 0.05) is 18.0 Å². The Kier molecular flexibility index (Phi) is 4.85. The van der Waals surface area contributed by atoms with Crippen molar-refractivity contribution in [1.29, 1.82) is 0 Å². The van der Waals surface area contributed by atoms with E-state index in [0.29, 0.717) is 11.4 Å². The number of carbonyl (C=O) groups excluding carboxylic acids is 1. The van der Waals surface area contributed by atoms with Crippen LogP contribution in [0.15, 0.2) is 53.5 Å². The molecule has 1 heterocycles. The first-order chi connectivity index (χ1) is 10.8. The Bertz CT molecular complexity index is 846. The molecule has 0 saturated carbocycles. The third-order valence-corrected chi connectivity index (χ3v) is 4.38. The Morgan fingerprint density at radius 2 is 1.87 bits per heavy atom. The number of hydrogen-bond donors (Lipinski definition) is 2. The van der Waals surface area contributed by atoms with Crippen LogP contribution in [0.25, 0.3) is 0 Å². The number of benzene rings is 1. The summed E-state index contributed by atoms with van der Waals surface area (Å²) in [4.78, 5) is 26.0. The number of sulfonamides is 1. The minimum absolute atomic E-state index is 0.298. The van der Waals surface area contributed by atoms with Gasteiger partial charge in [-0.15, -0.1) is 0 Å². The number of aromatic nitrogens is 1. The molecule has 0 aliphatic rings. The number of H-pyrrole nitrogens is 1. The first-order valence-electron chi connectivity index (χ1n) is 6.83. The summed E-state index contributed by atoms with van der Waals surface area (Å²) in [5.74, 6) is -0.537. The highest BCUT2D eigenvalue weighted by Crippen LogP contribution is 2.20. The molecule has 0 fully saturated rings. The van der Waals surface area contributed by atoms with Gasteiger partial charge in [0.05, 0.1) is 11.9 Å². The molecule has 8 heteroatoms. The van der Waals surface area contributed by atoms with Gasteiger partial charge in [0.15, 0.2) is 0 Å². The van der Waals surface area contributed by atoms with Crippen molar-refractivity contribution in [3.63, 3.8) is 0 Å². The third kappa shape index (κ3) is 4.19. The molecule has 0 aliphatic heterocycles. The van der Waals surface area contributed by atoms with E-state index >= 15 is 0 Å². The van der Waals surface area contributed by atoms with Gasteiger partial charge >= 0.3 is 0 Å². The highest BCUT2D eigenvalue weighted by Gasteiger charge is 2.29. The second-order valence-electron chi connectivity index (χ2n) is 5.00. The van der Waals surface area contributed by atoms with Crippen molar-refractivity contribution in [2.24, 2.45) is 0 Å². The Morgan fingerprint density at radius 3 is 2.43 bits per heavy atom. The highest BCUT2D eigenvalue weighted by atomic mass is 32.2. The van der Waals surface area contributed by atoms with Crippen molar-refractivity contribution >= 4 is 27.3 Å². The van der Waals surface area contributed by atoms with Crippen molar-refractivity contribution in [2.45, 2.75) is 13.0 Å². The maximum Gasteiger partial charge on any atom is 0.249 e. The van der Waals surface area contributed by atoms with Crippen LogP contribution in [0, 0.1) is 0 Å². The molecule has 1 aromatic heterocycles. The molecule has 2 N–H and O–H groups in total. The molecule has 0 saturated heterocycles. The summed E-state index contributed by atoms with van der Waals surface area (Å²) in [6, 6.07) is 10.1. The minimum atomic E-state index is -3.66. The molecule has 1 amide bonds. The van der Waals surface area contributed by atoms with Crippen LogP contribution in [0.1, 0.15) is 6.92 Å². The SMILES string of the molecule is CC(C(=O)Nc1cc[nH]c(=O)c1)N(c1ccccc1)S(C)(=O)=O. The van der Waals surface area contributed by atoms with E-state index in [2.05, 4.69) is 10.3 Å². The van der Waals surface area contributed by atoms with Gasteiger partial charge in [-0.1, -0.05) is 18.2 Å². The third-order valence-electron chi connectivity index (χ3n) is 3.14. The van der Waals surface area contributed by atoms with Crippen LogP contribution in [0.5, 0.6) is 0 Å². The van der Waals surface area contributed by atoms with Crippen LogP contribution in [-0.4, -0.2) is 31.6 Å². The second kappa shape index (κ2) is 6.66. The zero-order chi connectivity index (χ0) is 17.0. The number of para-hydroxylation sites is 1. The van der Waals surface area contributed by atoms with E-state index < -0.39 is 22.0 Å². The number of nitrogens with zero attached hydrogens (tertiary/aromatic N) is 1. The summed E-state index contributed by atoms with van der Waals surface area (Å²) in [5.41, 5.74) is 0.328. The molecule has 2 rings (SSSR count). The van der Waals surface area contributed by atoms with Crippen molar-refractivity contribution in [3.05, 3.63) is 59.0 Å². The number of aromatic amines is 1. The van der Waals surface area contributed by atoms with Gasteiger partial charge in [-0.2, -0.15) is 0 Å². The molecule has 23 heavy (non-hydrogen) atoms. The van der Waals surface area contributed by atoms with Crippen LogP contribution in [-0.2, 0) is 14.8 Å². The van der Waals surface area contributed by atoms with Crippen molar-refractivity contribution in [1.82, 2.24) is 4.98 Å². The molecule has 7 nitrogen and oxygen atoms in total. The zero-order valence-corrected chi connectivity index (χ0v) is 13.5. The number of carbonyl (C=O) groups is 1. The van der Waals surface area contributed by atoms with Gasteiger partial charge in [-0.3, -0.25) is 13.9 Å². The topological polar surface area (TPSA) is 99.3 Å². The van der Waals surface area contributed by atoms with E-state index in [9.17, 15) is 18.0 Å². The average Bonchev–Trinajstić information content (AvgIpc) is 2.47. The summed E-state index contributed by atoms with van der Waals surface area (Å²) in [6.45, 7) is 1.48. The van der Waals surface area contributed by atoms with Gasteiger partial charge in [0.25, 0.3) is 0 Å². The van der Waals surface area contributed by atoms with Gasteiger partial charge < -0.3 is 10.3 Å². The Morgan fingerprint density at radius 1 is 1.22 bits per heavy atom. The predicted octanol–water partition coefficient (Wildman–Crippen LogP) is 1.17. The first kappa shape index (κ1) is 16.8. The molecule has 1 aromatic carbocycles. The lowest BCUT2D eigenvalue weighted by Gasteiger charge is -2.28. The summed E-state index contributed by atoms with van der Waals surface area (Å²) in [6.07, 6.45) is 2.44. The lowest BCUT2D eigenvalue weighted by Crippen LogP contribution is -2.45. The Hall–Kier alpha value is -2.61. The molecule has 0 bridgehead atoms. The van der Waals surface area contributed by atoms with E-state index in [0.717, 1.165) is 10.6 Å². The van der Waals surface area contributed by atoms with Gasteiger partial charge in [0.2, 0.25) is 21.5 Å². The Balaban J connectivity index is 2.29. The summed E-state index contributed by atoms with van der Waals surface area (Å²) < 4.78 is 25.2. The lowest BCUT2D eigenvalue weighted by atomic mass is 10.2. The monoisotopic (exact) mass is 335 g/mol. The fourth-order valence-corrected chi connectivity index (χ4v) is 3.33.